The molecular weight excluding hydrogens is 540 g/mol. The lowest BCUT2D eigenvalue weighted by atomic mass is 9.82. The van der Waals surface area contributed by atoms with Gasteiger partial charge in [0.25, 0.3) is 0 Å². The second-order valence-electron chi connectivity index (χ2n) is 12.7. The average molecular weight is 587 g/mol. The van der Waals surface area contributed by atoms with Gasteiger partial charge in [0.2, 0.25) is 27.7 Å². The van der Waals surface area contributed by atoms with E-state index in [0.717, 1.165) is 56.9 Å². The molecular formula is C31H46N4O5S. The number of hydrogen-bond donors (Lipinski definition) is 2. The number of amides is 3. The smallest absolute Gasteiger partial charge is 0.245 e. The summed E-state index contributed by atoms with van der Waals surface area (Å²) in [6.45, 7) is 4.26. The topological polar surface area (TPSA) is 116 Å². The molecule has 41 heavy (non-hydrogen) atoms. The van der Waals surface area contributed by atoms with Gasteiger partial charge < -0.3 is 15.5 Å². The second kappa shape index (κ2) is 12.4. The molecule has 4 aliphatic rings. The number of fused-ring (bicyclic) bond motifs is 2. The fraction of sp³-hybridized carbons (Fsp3) is 0.710. The third-order valence-corrected chi connectivity index (χ3v) is 11.3. The first-order valence-corrected chi connectivity index (χ1v) is 17.4. The van der Waals surface area contributed by atoms with Crippen LogP contribution in [0.15, 0.2) is 24.3 Å². The number of benzene rings is 1. The Balaban J connectivity index is 1.41. The Kier molecular flexibility index (Phi) is 9.09. The van der Waals surface area contributed by atoms with Crippen LogP contribution in [0.5, 0.6) is 0 Å². The van der Waals surface area contributed by atoms with E-state index in [-0.39, 0.29) is 42.1 Å². The van der Waals surface area contributed by atoms with Crippen LogP contribution in [0, 0.1) is 17.8 Å². The predicted octanol–water partition coefficient (Wildman–Crippen LogP) is 3.15. The van der Waals surface area contributed by atoms with Gasteiger partial charge in [-0.1, -0.05) is 57.4 Å². The van der Waals surface area contributed by atoms with E-state index in [4.69, 9.17) is 0 Å². The van der Waals surface area contributed by atoms with Gasteiger partial charge in [-0.15, -0.1) is 0 Å². The summed E-state index contributed by atoms with van der Waals surface area (Å²) in [6, 6.07) is 6.37. The highest BCUT2D eigenvalue weighted by molar-refractivity contribution is 7.88. The summed E-state index contributed by atoms with van der Waals surface area (Å²) in [4.78, 5) is 43.0. The first-order chi connectivity index (χ1) is 19.6. The van der Waals surface area contributed by atoms with Crippen LogP contribution in [0.1, 0.15) is 88.8 Å². The molecule has 226 valence electrons. The van der Waals surface area contributed by atoms with E-state index in [1.54, 1.807) is 4.90 Å². The zero-order valence-corrected chi connectivity index (χ0v) is 25.5. The Labute approximate surface area is 244 Å². The Morgan fingerprint density at radius 3 is 2.46 bits per heavy atom. The molecule has 10 heteroatoms. The number of sulfonamides is 1. The van der Waals surface area contributed by atoms with Gasteiger partial charge in [0.05, 0.1) is 24.3 Å². The molecule has 0 radical (unpaired) electrons. The molecule has 6 atom stereocenters. The quantitative estimate of drug-likeness (QED) is 0.486. The molecule has 2 saturated heterocycles. The highest BCUT2D eigenvalue weighted by atomic mass is 32.2. The van der Waals surface area contributed by atoms with Crippen LogP contribution in [-0.2, 0) is 30.8 Å². The van der Waals surface area contributed by atoms with Crippen molar-refractivity contribution in [2.45, 2.75) is 102 Å². The minimum atomic E-state index is -3.58. The molecule has 0 spiro atoms. The summed E-state index contributed by atoms with van der Waals surface area (Å²) in [5.74, 6) is -1.33. The highest BCUT2D eigenvalue weighted by Gasteiger charge is 2.56. The summed E-state index contributed by atoms with van der Waals surface area (Å²) in [5.41, 5.74) is 2.35. The molecule has 1 saturated carbocycles. The van der Waals surface area contributed by atoms with Crippen molar-refractivity contribution in [1.82, 2.24) is 19.8 Å². The summed E-state index contributed by atoms with van der Waals surface area (Å²) >= 11 is 0. The standard InChI is InChI=1S/C31H46N4O5S/c1-4-20(2)29(36)33-27(22-12-6-5-7-13-22)31(38)34-18-17-26-28(34)24(19-35(26)41(3,39)40)30(37)32-25-16-10-14-21-11-8-9-15-23(21)25/h8-9,11,15,20,22,24-28H,4-7,10,12-14,16-19H2,1-3H3,(H,32,37)(H,33,36)/t20-,24+,25+,26-,27+,28-/m1/s1. The first kappa shape index (κ1) is 30.0. The number of carbonyl (C=O) groups excluding carboxylic acids is 3. The summed E-state index contributed by atoms with van der Waals surface area (Å²) in [7, 11) is -3.58. The van der Waals surface area contributed by atoms with Gasteiger partial charge in [-0.25, -0.2) is 8.42 Å². The van der Waals surface area contributed by atoms with Gasteiger partial charge in [0.15, 0.2) is 0 Å². The van der Waals surface area contributed by atoms with Crippen LogP contribution in [0.3, 0.4) is 0 Å². The number of likely N-dealkylation sites (tertiary alicyclic amines) is 1. The van der Waals surface area contributed by atoms with Crippen LogP contribution in [0.4, 0.5) is 0 Å². The van der Waals surface area contributed by atoms with Crippen molar-refractivity contribution >= 4 is 27.7 Å². The predicted molar refractivity (Wildman–Crippen MR) is 157 cm³/mol. The molecule has 3 amide bonds. The van der Waals surface area contributed by atoms with Crippen molar-refractivity contribution in [2.75, 3.05) is 19.3 Å². The number of carbonyl (C=O) groups is 3. The van der Waals surface area contributed by atoms with E-state index < -0.39 is 34.1 Å². The van der Waals surface area contributed by atoms with Gasteiger partial charge in [-0.05, 0) is 62.0 Å². The van der Waals surface area contributed by atoms with Crippen LogP contribution in [0.2, 0.25) is 0 Å². The maximum Gasteiger partial charge on any atom is 0.245 e. The van der Waals surface area contributed by atoms with Crippen LogP contribution < -0.4 is 10.6 Å². The lowest BCUT2D eigenvalue weighted by Gasteiger charge is -2.36. The normalized spacial score (nSPS) is 28.4. The molecule has 5 rings (SSSR count). The van der Waals surface area contributed by atoms with Crippen LogP contribution >= 0.6 is 0 Å². The lowest BCUT2D eigenvalue weighted by Crippen LogP contribution is -2.57. The van der Waals surface area contributed by atoms with E-state index in [1.807, 2.05) is 26.0 Å². The molecule has 2 N–H and O–H groups in total. The van der Waals surface area contributed by atoms with Gasteiger partial charge in [0.1, 0.15) is 6.04 Å². The molecule has 2 aliphatic heterocycles. The van der Waals surface area contributed by atoms with E-state index in [9.17, 15) is 22.8 Å². The first-order valence-electron chi connectivity index (χ1n) is 15.6. The molecule has 2 heterocycles. The molecule has 2 aliphatic carbocycles. The molecule has 3 fully saturated rings. The number of nitrogens with one attached hydrogen (secondary N) is 2. The molecule has 0 aromatic heterocycles. The number of hydrogen-bond acceptors (Lipinski definition) is 5. The molecule has 9 nitrogen and oxygen atoms in total. The van der Waals surface area contributed by atoms with Crippen molar-refractivity contribution in [3.63, 3.8) is 0 Å². The van der Waals surface area contributed by atoms with E-state index in [2.05, 4.69) is 22.8 Å². The number of rotatable bonds is 8. The highest BCUT2D eigenvalue weighted by Crippen LogP contribution is 2.40. The fourth-order valence-electron chi connectivity index (χ4n) is 7.60. The molecule has 0 unspecified atom stereocenters. The van der Waals surface area contributed by atoms with Gasteiger partial charge >= 0.3 is 0 Å². The fourth-order valence-corrected chi connectivity index (χ4v) is 8.76. The summed E-state index contributed by atoms with van der Waals surface area (Å²) in [5, 5.41) is 6.33. The van der Waals surface area contributed by atoms with Gasteiger partial charge in [-0.2, -0.15) is 4.31 Å². The maximum atomic E-state index is 14.3. The summed E-state index contributed by atoms with van der Waals surface area (Å²) in [6.07, 6.45) is 10.0. The lowest BCUT2D eigenvalue weighted by molar-refractivity contribution is -0.141. The van der Waals surface area contributed by atoms with E-state index >= 15 is 0 Å². The van der Waals surface area contributed by atoms with Crippen molar-refractivity contribution in [3.8, 4) is 0 Å². The zero-order chi connectivity index (χ0) is 29.3. The third-order valence-electron chi connectivity index (χ3n) is 10.1. The largest absolute Gasteiger partial charge is 0.349 e. The molecule has 1 aromatic carbocycles. The number of nitrogens with zero attached hydrogens (tertiary/aromatic N) is 2. The minimum Gasteiger partial charge on any atom is -0.349 e. The zero-order valence-electron chi connectivity index (χ0n) is 24.7. The molecule has 0 bridgehead atoms. The second-order valence-corrected chi connectivity index (χ2v) is 14.6. The van der Waals surface area contributed by atoms with Crippen molar-refractivity contribution < 1.29 is 22.8 Å². The van der Waals surface area contributed by atoms with Crippen LogP contribution in [0.25, 0.3) is 0 Å². The van der Waals surface area contributed by atoms with Crippen molar-refractivity contribution in [1.29, 1.82) is 0 Å². The van der Waals surface area contributed by atoms with Gasteiger partial charge in [-0.3, -0.25) is 14.4 Å². The average Bonchev–Trinajstić information content (AvgIpc) is 3.56. The van der Waals surface area contributed by atoms with E-state index in [1.165, 1.54) is 16.1 Å². The summed E-state index contributed by atoms with van der Waals surface area (Å²) < 4.78 is 27.1. The minimum absolute atomic E-state index is 0.0433. The van der Waals surface area contributed by atoms with Crippen molar-refractivity contribution in [2.24, 2.45) is 17.8 Å². The monoisotopic (exact) mass is 586 g/mol. The van der Waals surface area contributed by atoms with Gasteiger partial charge in [0, 0.05) is 25.0 Å². The van der Waals surface area contributed by atoms with Crippen LogP contribution in [-0.4, -0.2) is 72.8 Å². The maximum absolute atomic E-state index is 14.3. The SMILES string of the molecule is CC[C@@H](C)C(=O)N[C@H](C(=O)N1CC[C@@H]2[C@H]1[C@@H](C(=O)N[C@H]1CCCc3ccccc31)CN2S(C)(=O)=O)C1CCCCC1. The number of aryl methyl sites for hydroxylation is 1. The Bertz CT molecular complexity index is 1250. The Morgan fingerprint density at radius 2 is 1.76 bits per heavy atom. The Hall–Kier alpha value is -2.46. The Morgan fingerprint density at radius 1 is 1.02 bits per heavy atom. The van der Waals surface area contributed by atoms with Crippen molar-refractivity contribution in [3.05, 3.63) is 35.4 Å². The third kappa shape index (κ3) is 6.19. The molecule has 1 aromatic rings. The van der Waals surface area contributed by atoms with E-state index in [0.29, 0.717) is 19.4 Å².